The zero-order valence-corrected chi connectivity index (χ0v) is 8.62. The Kier molecular flexibility index (Phi) is 2.04. The lowest BCUT2D eigenvalue weighted by molar-refractivity contribution is 0.551. The van der Waals surface area contributed by atoms with Crippen LogP contribution in [0.5, 0.6) is 0 Å². The molecule has 3 heteroatoms. The summed E-state index contributed by atoms with van der Waals surface area (Å²) in [6.07, 6.45) is 1.88. The van der Waals surface area contributed by atoms with Gasteiger partial charge in [0.1, 0.15) is 0 Å². The Morgan fingerprint density at radius 3 is 2.85 bits per heavy atom. The van der Waals surface area contributed by atoms with Gasteiger partial charge in [0.05, 0.1) is 11.7 Å². The predicted octanol–water partition coefficient (Wildman–Crippen LogP) is 2.91. The van der Waals surface area contributed by atoms with Gasteiger partial charge >= 0.3 is 0 Å². The van der Waals surface area contributed by atoms with Crippen LogP contribution in [0.25, 0.3) is 10.9 Å². The van der Waals surface area contributed by atoms with Gasteiger partial charge in [-0.05, 0) is 32.0 Å². The van der Waals surface area contributed by atoms with E-state index in [2.05, 4.69) is 37.6 Å². The molecule has 0 saturated heterocycles. The maximum Gasteiger partial charge on any atom is 0.0686 e. The van der Waals surface area contributed by atoms with Crippen LogP contribution in [0.3, 0.4) is 0 Å². The molecule has 0 N–H and O–H groups in total. The number of hydrogen-bond acceptors (Lipinski definition) is 2. The van der Waals surface area contributed by atoms with Gasteiger partial charge in [0.25, 0.3) is 0 Å². The molecule has 0 saturated carbocycles. The van der Waals surface area contributed by atoms with Gasteiger partial charge in [-0.3, -0.25) is 4.68 Å². The molecule has 0 bridgehead atoms. The van der Waals surface area contributed by atoms with Crippen LogP contribution in [0.1, 0.15) is 19.9 Å². The average Bonchev–Trinajstić information content (AvgIpc) is 2.46. The molecule has 0 radical (unpaired) electrons. The van der Waals surface area contributed by atoms with Crippen LogP contribution >= 0.6 is 12.6 Å². The zero-order valence-electron chi connectivity index (χ0n) is 7.73. The maximum atomic E-state index is 4.32. The van der Waals surface area contributed by atoms with E-state index in [-0.39, 0.29) is 0 Å². The first-order chi connectivity index (χ1) is 6.18. The number of thiol groups is 1. The molecule has 0 aliphatic rings. The second-order valence-electron chi connectivity index (χ2n) is 3.43. The SMILES string of the molecule is CC(C)n1ncc2cc(S)ccc21. The average molecular weight is 192 g/mol. The lowest BCUT2D eigenvalue weighted by Gasteiger charge is -2.06. The van der Waals surface area contributed by atoms with Gasteiger partial charge in [-0.15, -0.1) is 12.6 Å². The van der Waals surface area contributed by atoms with Gasteiger partial charge in [-0.2, -0.15) is 5.10 Å². The van der Waals surface area contributed by atoms with E-state index >= 15 is 0 Å². The quantitative estimate of drug-likeness (QED) is 0.688. The molecule has 2 aromatic rings. The largest absolute Gasteiger partial charge is 0.262 e. The minimum absolute atomic E-state index is 0.406. The van der Waals surface area contributed by atoms with E-state index < -0.39 is 0 Å². The van der Waals surface area contributed by atoms with Crippen LogP contribution in [0.2, 0.25) is 0 Å². The molecule has 68 valence electrons. The van der Waals surface area contributed by atoms with E-state index in [9.17, 15) is 0 Å². The van der Waals surface area contributed by atoms with Crippen molar-refractivity contribution in [3.8, 4) is 0 Å². The van der Waals surface area contributed by atoms with Crippen molar-refractivity contribution in [1.82, 2.24) is 9.78 Å². The Balaban J connectivity index is 2.69. The molecule has 1 heterocycles. The fourth-order valence-electron chi connectivity index (χ4n) is 1.45. The van der Waals surface area contributed by atoms with Crippen LogP contribution in [0.4, 0.5) is 0 Å². The molecule has 0 amide bonds. The number of benzene rings is 1. The van der Waals surface area contributed by atoms with Crippen molar-refractivity contribution < 1.29 is 0 Å². The summed E-state index contributed by atoms with van der Waals surface area (Å²) in [5.74, 6) is 0. The lowest BCUT2D eigenvalue weighted by Crippen LogP contribution is -2.01. The van der Waals surface area contributed by atoms with Crippen molar-refractivity contribution in [3.05, 3.63) is 24.4 Å². The second kappa shape index (κ2) is 3.07. The molecule has 2 nitrogen and oxygen atoms in total. The number of aromatic nitrogens is 2. The smallest absolute Gasteiger partial charge is 0.0686 e. The highest BCUT2D eigenvalue weighted by Gasteiger charge is 2.04. The van der Waals surface area contributed by atoms with E-state index in [1.807, 2.05) is 23.0 Å². The fraction of sp³-hybridized carbons (Fsp3) is 0.300. The van der Waals surface area contributed by atoms with Gasteiger partial charge in [-0.25, -0.2) is 0 Å². The fourth-order valence-corrected chi connectivity index (χ4v) is 1.67. The topological polar surface area (TPSA) is 17.8 Å². The third-order valence-corrected chi connectivity index (χ3v) is 2.35. The van der Waals surface area contributed by atoms with Gasteiger partial charge in [0, 0.05) is 16.3 Å². The summed E-state index contributed by atoms with van der Waals surface area (Å²) in [7, 11) is 0. The second-order valence-corrected chi connectivity index (χ2v) is 3.94. The van der Waals surface area contributed by atoms with Gasteiger partial charge in [0.15, 0.2) is 0 Å². The molecule has 0 fully saturated rings. The van der Waals surface area contributed by atoms with Gasteiger partial charge in [0.2, 0.25) is 0 Å². The summed E-state index contributed by atoms with van der Waals surface area (Å²) in [4.78, 5) is 0.982. The Labute approximate surface area is 83.0 Å². The molecule has 0 spiro atoms. The molecule has 0 aliphatic heterocycles. The summed E-state index contributed by atoms with van der Waals surface area (Å²) in [6, 6.07) is 6.49. The molecule has 0 atom stereocenters. The highest BCUT2D eigenvalue weighted by atomic mass is 32.1. The van der Waals surface area contributed by atoms with Crippen LogP contribution in [0.15, 0.2) is 29.3 Å². The summed E-state index contributed by atoms with van der Waals surface area (Å²) < 4.78 is 2.02. The third kappa shape index (κ3) is 1.44. The highest BCUT2D eigenvalue weighted by Crippen LogP contribution is 2.20. The van der Waals surface area contributed by atoms with E-state index in [0.29, 0.717) is 6.04 Å². The van der Waals surface area contributed by atoms with E-state index in [0.717, 1.165) is 10.3 Å². The van der Waals surface area contributed by atoms with Crippen molar-refractivity contribution in [3.63, 3.8) is 0 Å². The summed E-state index contributed by atoms with van der Waals surface area (Å²) in [6.45, 7) is 4.25. The number of nitrogens with zero attached hydrogens (tertiary/aromatic N) is 2. The van der Waals surface area contributed by atoms with Crippen LogP contribution < -0.4 is 0 Å². The Bertz CT molecular complexity index is 431. The van der Waals surface area contributed by atoms with Gasteiger partial charge < -0.3 is 0 Å². The first-order valence-electron chi connectivity index (χ1n) is 4.35. The monoisotopic (exact) mass is 192 g/mol. The molecule has 0 aliphatic carbocycles. The molecule has 2 rings (SSSR count). The Morgan fingerprint density at radius 1 is 1.38 bits per heavy atom. The summed E-state index contributed by atoms with van der Waals surface area (Å²) >= 11 is 4.28. The molecular weight excluding hydrogens is 180 g/mol. The number of hydrogen-bond donors (Lipinski definition) is 1. The van der Waals surface area contributed by atoms with Crippen molar-refractivity contribution in [1.29, 1.82) is 0 Å². The standard InChI is InChI=1S/C10H12N2S/c1-7(2)12-10-4-3-9(13)5-8(10)6-11-12/h3-7,13H,1-2H3. The Hall–Kier alpha value is -0.960. The van der Waals surface area contributed by atoms with Crippen molar-refractivity contribution in [2.24, 2.45) is 0 Å². The van der Waals surface area contributed by atoms with E-state index in [4.69, 9.17) is 0 Å². The number of fused-ring (bicyclic) bond motifs is 1. The lowest BCUT2D eigenvalue weighted by atomic mass is 10.2. The molecule has 13 heavy (non-hydrogen) atoms. The minimum Gasteiger partial charge on any atom is -0.262 e. The summed E-state index contributed by atoms with van der Waals surface area (Å²) in [5, 5.41) is 5.47. The zero-order chi connectivity index (χ0) is 9.42. The van der Waals surface area contributed by atoms with Crippen LogP contribution in [-0.4, -0.2) is 9.78 Å². The first kappa shape index (κ1) is 8.63. The van der Waals surface area contributed by atoms with Crippen LogP contribution in [-0.2, 0) is 0 Å². The predicted molar refractivity (Wildman–Crippen MR) is 57.4 cm³/mol. The minimum atomic E-state index is 0.406. The molecular formula is C10H12N2S. The summed E-state index contributed by atoms with van der Waals surface area (Å²) in [5.41, 5.74) is 1.17. The first-order valence-corrected chi connectivity index (χ1v) is 4.79. The maximum absolute atomic E-state index is 4.32. The molecule has 0 unspecified atom stereocenters. The van der Waals surface area contributed by atoms with Crippen molar-refractivity contribution in [2.45, 2.75) is 24.8 Å². The van der Waals surface area contributed by atoms with E-state index in [1.165, 1.54) is 5.52 Å². The van der Waals surface area contributed by atoms with Crippen LogP contribution in [0, 0.1) is 0 Å². The highest BCUT2D eigenvalue weighted by molar-refractivity contribution is 7.80. The molecule has 1 aromatic carbocycles. The number of rotatable bonds is 1. The van der Waals surface area contributed by atoms with E-state index in [1.54, 1.807) is 0 Å². The molecule has 1 aromatic heterocycles. The van der Waals surface area contributed by atoms with Crippen molar-refractivity contribution >= 4 is 23.5 Å². The Morgan fingerprint density at radius 2 is 2.15 bits per heavy atom. The normalized spacial score (nSPS) is 11.4. The van der Waals surface area contributed by atoms with Crippen molar-refractivity contribution in [2.75, 3.05) is 0 Å². The van der Waals surface area contributed by atoms with Gasteiger partial charge in [-0.1, -0.05) is 0 Å². The third-order valence-electron chi connectivity index (χ3n) is 2.07.